The highest BCUT2D eigenvalue weighted by Crippen LogP contribution is 2.39. The monoisotopic (exact) mass is 306 g/mol. The number of methoxy groups -OCH3 is 1. The van der Waals surface area contributed by atoms with Gasteiger partial charge in [-0.1, -0.05) is 6.58 Å². The van der Waals surface area contributed by atoms with Crippen LogP contribution in [0.25, 0.3) is 0 Å². The third-order valence-electron chi connectivity index (χ3n) is 3.19. The van der Waals surface area contributed by atoms with Crippen LogP contribution in [0.5, 0.6) is 11.5 Å². The smallest absolute Gasteiger partial charge is 0.333 e. The molecule has 0 N–H and O–H groups in total. The van der Waals surface area contributed by atoms with Crippen molar-refractivity contribution in [2.75, 3.05) is 7.11 Å². The molecule has 5 heteroatoms. The molecule has 0 amide bonds. The molecule has 0 saturated carbocycles. The van der Waals surface area contributed by atoms with Gasteiger partial charge >= 0.3 is 11.9 Å². The summed E-state index contributed by atoms with van der Waals surface area (Å²) in [7, 11) is 1.55. The average Bonchev–Trinajstić information content (AvgIpc) is 2.41. The van der Waals surface area contributed by atoms with Crippen molar-refractivity contribution in [3.05, 3.63) is 34.9 Å². The molecule has 0 spiro atoms. The summed E-state index contributed by atoms with van der Waals surface area (Å²) in [6.07, 6.45) is -0.582. The van der Waals surface area contributed by atoms with E-state index in [1.807, 2.05) is 6.92 Å². The maximum absolute atomic E-state index is 11.7. The largest absolute Gasteiger partial charge is 0.496 e. The maximum atomic E-state index is 11.7. The Kier molecular flexibility index (Phi) is 5.74. The second-order valence-corrected chi connectivity index (χ2v) is 5.19. The van der Waals surface area contributed by atoms with Crippen molar-refractivity contribution in [2.24, 2.45) is 0 Å². The van der Waals surface area contributed by atoms with E-state index in [2.05, 4.69) is 6.58 Å². The van der Waals surface area contributed by atoms with Crippen molar-refractivity contribution in [1.82, 2.24) is 0 Å². The van der Waals surface area contributed by atoms with E-state index in [9.17, 15) is 9.59 Å². The molecule has 1 atom stereocenters. The SMILES string of the molecule is C=C(C)C(=O)OC(C)c1cc(C)c(OC)c(C)c1OC(C)=O. The fourth-order valence-corrected chi connectivity index (χ4v) is 2.20. The van der Waals surface area contributed by atoms with E-state index < -0.39 is 18.0 Å². The summed E-state index contributed by atoms with van der Waals surface area (Å²) in [6.45, 7) is 11.8. The first-order valence-corrected chi connectivity index (χ1v) is 6.92. The van der Waals surface area contributed by atoms with Crippen LogP contribution in [-0.2, 0) is 14.3 Å². The van der Waals surface area contributed by atoms with Gasteiger partial charge in [0.25, 0.3) is 0 Å². The molecule has 1 aromatic carbocycles. The Morgan fingerprint density at radius 2 is 1.77 bits per heavy atom. The Balaban J connectivity index is 3.35. The van der Waals surface area contributed by atoms with Crippen LogP contribution in [0.15, 0.2) is 18.2 Å². The van der Waals surface area contributed by atoms with Gasteiger partial charge in [-0.15, -0.1) is 0 Å². The third-order valence-corrected chi connectivity index (χ3v) is 3.19. The van der Waals surface area contributed by atoms with Gasteiger partial charge in [-0.3, -0.25) is 4.79 Å². The van der Waals surface area contributed by atoms with Gasteiger partial charge in [0.05, 0.1) is 7.11 Å². The zero-order valence-corrected chi connectivity index (χ0v) is 13.9. The first kappa shape index (κ1) is 17.8. The van der Waals surface area contributed by atoms with Gasteiger partial charge in [0.1, 0.15) is 17.6 Å². The minimum atomic E-state index is -0.582. The van der Waals surface area contributed by atoms with Crippen molar-refractivity contribution in [1.29, 1.82) is 0 Å². The summed E-state index contributed by atoms with van der Waals surface area (Å²) < 4.78 is 16.0. The van der Waals surface area contributed by atoms with Gasteiger partial charge in [-0.25, -0.2) is 4.79 Å². The van der Waals surface area contributed by atoms with Crippen LogP contribution in [-0.4, -0.2) is 19.0 Å². The molecule has 1 rings (SSSR count). The van der Waals surface area contributed by atoms with Crippen molar-refractivity contribution in [3.63, 3.8) is 0 Å². The molecule has 0 radical (unpaired) electrons. The lowest BCUT2D eigenvalue weighted by Crippen LogP contribution is -2.13. The summed E-state index contributed by atoms with van der Waals surface area (Å²) in [6, 6.07) is 1.79. The van der Waals surface area contributed by atoms with Crippen molar-refractivity contribution >= 4 is 11.9 Å². The normalized spacial score (nSPS) is 11.5. The molecular formula is C17H22O5. The van der Waals surface area contributed by atoms with Crippen molar-refractivity contribution in [3.8, 4) is 11.5 Å². The van der Waals surface area contributed by atoms with E-state index in [4.69, 9.17) is 14.2 Å². The predicted octanol–water partition coefficient (Wildman–Crippen LogP) is 3.42. The molecule has 1 unspecified atom stereocenters. The van der Waals surface area contributed by atoms with Crippen LogP contribution < -0.4 is 9.47 Å². The van der Waals surface area contributed by atoms with Gasteiger partial charge in [0.15, 0.2) is 0 Å². The van der Waals surface area contributed by atoms with Gasteiger partial charge in [-0.05, 0) is 39.3 Å². The molecule has 5 nitrogen and oxygen atoms in total. The van der Waals surface area contributed by atoms with E-state index in [0.29, 0.717) is 28.2 Å². The first-order chi connectivity index (χ1) is 10.2. The number of rotatable bonds is 5. The van der Waals surface area contributed by atoms with Gasteiger partial charge in [-0.2, -0.15) is 0 Å². The zero-order valence-electron chi connectivity index (χ0n) is 13.9. The van der Waals surface area contributed by atoms with E-state index in [-0.39, 0.29) is 0 Å². The summed E-state index contributed by atoms with van der Waals surface area (Å²) in [5.74, 6) is 0.0523. The van der Waals surface area contributed by atoms with Crippen LogP contribution in [0.3, 0.4) is 0 Å². The third kappa shape index (κ3) is 3.87. The molecule has 0 aliphatic rings. The molecule has 0 bridgehead atoms. The number of carbonyl (C=O) groups is 2. The highest BCUT2D eigenvalue weighted by atomic mass is 16.6. The summed E-state index contributed by atoms with van der Waals surface area (Å²) in [5.41, 5.74) is 2.47. The molecule has 0 fully saturated rings. The van der Waals surface area contributed by atoms with E-state index >= 15 is 0 Å². The maximum Gasteiger partial charge on any atom is 0.333 e. The fraction of sp³-hybridized carbons (Fsp3) is 0.412. The van der Waals surface area contributed by atoms with Crippen LogP contribution in [0, 0.1) is 13.8 Å². The number of aryl methyl sites for hydroxylation is 1. The number of carbonyl (C=O) groups excluding carboxylic acids is 2. The second kappa shape index (κ2) is 7.11. The molecule has 0 heterocycles. The molecule has 0 saturated heterocycles. The number of benzene rings is 1. The Labute approximate surface area is 130 Å². The Morgan fingerprint density at radius 3 is 2.23 bits per heavy atom. The minimum Gasteiger partial charge on any atom is -0.496 e. The topological polar surface area (TPSA) is 61.8 Å². The van der Waals surface area contributed by atoms with E-state index in [1.165, 1.54) is 6.92 Å². The van der Waals surface area contributed by atoms with E-state index in [0.717, 1.165) is 5.56 Å². The lowest BCUT2D eigenvalue weighted by atomic mass is 10.0. The molecule has 22 heavy (non-hydrogen) atoms. The van der Waals surface area contributed by atoms with Crippen molar-refractivity contribution in [2.45, 2.75) is 40.7 Å². The van der Waals surface area contributed by atoms with Crippen LogP contribution in [0.2, 0.25) is 0 Å². The number of esters is 2. The zero-order chi connectivity index (χ0) is 17.0. The summed E-state index contributed by atoms with van der Waals surface area (Å²) >= 11 is 0. The molecule has 0 aliphatic carbocycles. The van der Waals surface area contributed by atoms with Crippen LogP contribution >= 0.6 is 0 Å². The van der Waals surface area contributed by atoms with E-state index in [1.54, 1.807) is 33.9 Å². The van der Waals surface area contributed by atoms with Crippen LogP contribution in [0.4, 0.5) is 0 Å². The van der Waals surface area contributed by atoms with Gasteiger partial charge in [0, 0.05) is 23.6 Å². The molecule has 1 aromatic rings. The summed E-state index contributed by atoms with van der Waals surface area (Å²) in [4.78, 5) is 23.1. The fourth-order valence-electron chi connectivity index (χ4n) is 2.20. The highest BCUT2D eigenvalue weighted by molar-refractivity contribution is 5.87. The average molecular weight is 306 g/mol. The molecule has 0 aromatic heterocycles. The van der Waals surface area contributed by atoms with Crippen molar-refractivity contribution < 1.29 is 23.8 Å². The quantitative estimate of drug-likeness (QED) is 0.474. The molecule has 0 aliphatic heterocycles. The number of ether oxygens (including phenoxy) is 3. The molecule has 120 valence electrons. The Hall–Kier alpha value is -2.30. The lowest BCUT2D eigenvalue weighted by Gasteiger charge is -2.21. The second-order valence-electron chi connectivity index (χ2n) is 5.19. The summed E-state index contributed by atoms with van der Waals surface area (Å²) in [5, 5.41) is 0. The first-order valence-electron chi connectivity index (χ1n) is 6.92. The highest BCUT2D eigenvalue weighted by Gasteiger charge is 2.23. The number of hydrogen-bond donors (Lipinski definition) is 0. The Bertz CT molecular complexity index is 616. The molecular weight excluding hydrogens is 284 g/mol. The van der Waals surface area contributed by atoms with Gasteiger partial charge < -0.3 is 14.2 Å². The lowest BCUT2D eigenvalue weighted by molar-refractivity contribution is -0.143. The predicted molar refractivity (Wildman–Crippen MR) is 83.1 cm³/mol. The number of hydrogen-bond acceptors (Lipinski definition) is 5. The Morgan fingerprint density at radius 1 is 1.18 bits per heavy atom. The van der Waals surface area contributed by atoms with Crippen LogP contribution in [0.1, 0.15) is 43.6 Å². The standard InChI is InChI=1S/C17H22O5/c1-9(2)17(19)21-12(5)14-8-10(3)15(20-7)11(4)16(14)22-13(6)18/h8,12H,1H2,2-7H3. The van der Waals surface area contributed by atoms with Gasteiger partial charge in [0.2, 0.25) is 0 Å². The minimum absolute atomic E-state index is 0.308.